The van der Waals surface area contributed by atoms with E-state index in [0.717, 1.165) is 24.3 Å². The molecule has 2 aromatic rings. The summed E-state index contributed by atoms with van der Waals surface area (Å²) in [6.07, 6.45) is 6.54. The molecule has 0 aliphatic heterocycles. The molecular formula is C11H14N6. The van der Waals surface area contributed by atoms with Gasteiger partial charge in [0.2, 0.25) is 5.95 Å². The number of nitrogens with zero attached hydrogens (tertiary/aromatic N) is 4. The second-order valence-electron chi connectivity index (χ2n) is 3.51. The van der Waals surface area contributed by atoms with Crippen LogP contribution in [0.5, 0.6) is 0 Å². The molecule has 0 fully saturated rings. The number of hydrogen-bond acceptors (Lipinski definition) is 6. The molecule has 0 bridgehead atoms. The van der Waals surface area contributed by atoms with Crippen LogP contribution in [0.15, 0.2) is 31.1 Å². The first kappa shape index (κ1) is 11.3. The lowest BCUT2D eigenvalue weighted by Crippen LogP contribution is -2.15. The summed E-state index contributed by atoms with van der Waals surface area (Å²) in [6, 6.07) is 1.96. The van der Waals surface area contributed by atoms with Crippen molar-refractivity contribution in [1.29, 1.82) is 0 Å². The molecule has 0 spiro atoms. The fraction of sp³-hybridized carbons (Fsp3) is 0.273. The molecule has 0 aromatic carbocycles. The van der Waals surface area contributed by atoms with Gasteiger partial charge in [0.15, 0.2) is 0 Å². The van der Waals surface area contributed by atoms with E-state index in [1.165, 1.54) is 12.7 Å². The van der Waals surface area contributed by atoms with E-state index in [2.05, 4.69) is 30.6 Å². The molecule has 0 unspecified atom stereocenters. The van der Waals surface area contributed by atoms with E-state index in [9.17, 15) is 0 Å². The van der Waals surface area contributed by atoms with Gasteiger partial charge in [0.1, 0.15) is 12.7 Å². The number of hydrogen-bond donors (Lipinski definition) is 2. The zero-order chi connectivity index (χ0) is 11.9. The molecule has 2 N–H and O–H groups in total. The van der Waals surface area contributed by atoms with E-state index in [0.29, 0.717) is 5.95 Å². The summed E-state index contributed by atoms with van der Waals surface area (Å²) >= 11 is 0. The molecular weight excluding hydrogens is 216 g/mol. The van der Waals surface area contributed by atoms with E-state index in [1.54, 1.807) is 6.20 Å². The van der Waals surface area contributed by atoms with Gasteiger partial charge >= 0.3 is 0 Å². The quantitative estimate of drug-likeness (QED) is 0.749. The topological polar surface area (TPSA) is 75.6 Å². The van der Waals surface area contributed by atoms with Crippen molar-refractivity contribution < 1.29 is 0 Å². The Hall–Kier alpha value is -2.24. The first-order valence-electron chi connectivity index (χ1n) is 5.36. The summed E-state index contributed by atoms with van der Waals surface area (Å²) in [5.41, 5.74) is 2.23. The van der Waals surface area contributed by atoms with Gasteiger partial charge in [-0.25, -0.2) is 15.0 Å². The highest BCUT2D eigenvalue weighted by Crippen LogP contribution is 2.10. The summed E-state index contributed by atoms with van der Waals surface area (Å²) < 4.78 is 0. The number of rotatable bonds is 5. The van der Waals surface area contributed by atoms with Gasteiger partial charge in [0, 0.05) is 31.2 Å². The Morgan fingerprint density at radius 1 is 1.06 bits per heavy atom. The lowest BCUT2D eigenvalue weighted by Gasteiger charge is -2.09. The van der Waals surface area contributed by atoms with E-state index in [4.69, 9.17) is 0 Å². The van der Waals surface area contributed by atoms with Crippen molar-refractivity contribution in [3.63, 3.8) is 0 Å². The van der Waals surface area contributed by atoms with Crippen LogP contribution >= 0.6 is 0 Å². The van der Waals surface area contributed by atoms with Crippen molar-refractivity contribution >= 4 is 11.6 Å². The normalized spacial score (nSPS) is 9.94. The first-order chi connectivity index (χ1) is 8.36. The molecule has 2 heterocycles. The van der Waals surface area contributed by atoms with Crippen molar-refractivity contribution in [3.8, 4) is 0 Å². The maximum Gasteiger partial charge on any atom is 0.225 e. The van der Waals surface area contributed by atoms with Crippen LogP contribution in [0.4, 0.5) is 11.6 Å². The smallest absolute Gasteiger partial charge is 0.225 e. The second-order valence-corrected chi connectivity index (χ2v) is 3.51. The summed E-state index contributed by atoms with van der Waals surface area (Å²) in [7, 11) is 0. The third kappa shape index (κ3) is 3.37. The predicted octanol–water partition coefficient (Wildman–Crippen LogP) is 1.10. The van der Waals surface area contributed by atoms with Crippen molar-refractivity contribution in [2.45, 2.75) is 6.92 Å². The summed E-state index contributed by atoms with van der Waals surface area (Å²) in [6.45, 7) is 3.55. The molecule has 0 saturated heterocycles. The van der Waals surface area contributed by atoms with E-state index in [-0.39, 0.29) is 0 Å². The molecule has 6 nitrogen and oxygen atoms in total. The SMILES string of the molecule is Cc1cnccc1NCCNc1ncncn1. The van der Waals surface area contributed by atoms with Gasteiger partial charge in [-0.1, -0.05) is 0 Å². The highest BCUT2D eigenvalue weighted by atomic mass is 15.1. The van der Waals surface area contributed by atoms with Crippen molar-refractivity contribution in [3.05, 3.63) is 36.7 Å². The number of anilines is 2. The minimum absolute atomic E-state index is 0.591. The van der Waals surface area contributed by atoms with Crippen LogP contribution in [-0.2, 0) is 0 Å². The molecule has 88 valence electrons. The highest BCUT2D eigenvalue weighted by Gasteiger charge is 1.96. The van der Waals surface area contributed by atoms with Crippen LogP contribution in [0, 0.1) is 6.92 Å². The Balaban J connectivity index is 1.76. The Labute approximate surface area is 99.6 Å². The van der Waals surface area contributed by atoms with Crippen molar-refractivity contribution in [2.75, 3.05) is 23.7 Å². The number of aromatic nitrogens is 4. The molecule has 0 radical (unpaired) electrons. The second kappa shape index (κ2) is 5.74. The van der Waals surface area contributed by atoms with Crippen molar-refractivity contribution in [1.82, 2.24) is 19.9 Å². The molecule has 0 atom stereocenters. The molecule has 0 saturated carbocycles. The minimum atomic E-state index is 0.591. The average Bonchev–Trinajstić information content (AvgIpc) is 2.38. The maximum absolute atomic E-state index is 4.04. The van der Waals surface area contributed by atoms with Gasteiger partial charge in [0.05, 0.1) is 0 Å². The third-order valence-corrected chi connectivity index (χ3v) is 2.24. The van der Waals surface area contributed by atoms with Crippen LogP contribution < -0.4 is 10.6 Å². The molecule has 2 aromatic heterocycles. The molecule has 17 heavy (non-hydrogen) atoms. The standard InChI is InChI=1S/C11H14N6/c1-9-6-12-3-2-10(9)14-4-5-15-11-16-7-13-8-17-11/h2-3,6-8H,4-5H2,1H3,(H,12,14)(H,13,15,16,17). The molecule has 2 rings (SSSR count). The lowest BCUT2D eigenvalue weighted by atomic mass is 10.2. The molecule has 0 amide bonds. The number of aryl methyl sites for hydroxylation is 1. The maximum atomic E-state index is 4.04. The van der Waals surface area contributed by atoms with Crippen LogP contribution in [0.1, 0.15) is 5.56 Å². The van der Waals surface area contributed by atoms with Crippen LogP contribution in [0.25, 0.3) is 0 Å². The largest absolute Gasteiger partial charge is 0.383 e. The predicted molar refractivity (Wildman–Crippen MR) is 65.8 cm³/mol. The fourth-order valence-corrected chi connectivity index (χ4v) is 1.37. The van der Waals surface area contributed by atoms with Gasteiger partial charge in [-0.05, 0) is 18.6 Å². The number of pyridine rings is 1. The lowest BCUT2D eigenvalue weighted by molar-refractivity contribution is 0.988. The van der Waals surface area contributed by atoms with Gasteiger partial charge in [-0.3, -0.25) is 4.98 Å². The van der Waals surface area contributed by atoms with E-state index >= 15 is 0 Å². The van der Waals surface area contributed by atoms with Crippen LogP contribution in [0.3, 0.4) is 0 Å². The number of nitrogens with one attached hydrogen (secondary N) is 2. The Morgan fingerprint density at radius 3 is 2.59 bits per heavy atom. The van der Waals surface area contributed by atoms with Crippen LogP contribution in [-0.4, -0.2) is 33.0 Å². The van der Waals surface area contributed by atoms with Crippen molar-refractivity contribution in [2.24, 2.45) is 0 Å². The highest BCUT2D eigenvalue weighted by molar-refractivity contribution is 5.48. The summed E-state index contributed by atoms with van der Waals surface area (Å²) in [5.74, 6) is 0.591. The fourth-order valence-electron chi connectivity index (χ4n) is 1.37. The van der Waals surface area contributed by atoms with E-state index < -0.39 is 0 Å². The summed E-state index contributed by atoms with van der Waals surface area (Å²) in [4.78, 5) is 15.7. The Kier molecular flexibility index (Phi) is 3.80. The Morgan fingerprint density at radius 2 is 1.82 bits per heavy atom. The first-order valence-corrected chi connectivity index (χ1v) is 5.36. The molecule has 0 aliphatic rings. The Bertz CT molecular complexity index is 459. The minimum Gasteiger partial charge on any atom is -0.383 e. The third-order valence-electron chi connectivity index (χ3n) is 2.24. The summed E-state index contributed by atoms with van der Waals surface area (Å²) in [5, 5.41) is 6.40. The molecule has 0 aliphatic carbocycles. The molecule has 6 heteroatoms. The van der Waals surface area contributed by atoms with Gasteiger partial charge < -0.3 is 10.6 Å². The monoisotopic (exact) mass is 230 g/mol. The van der Waals surface area contributed by atoms with Gasteiger partial charge in [0.25, 0.3) is 0 Å². The van der Waals surface area contributed by atoms with Gasteiger partial charge in [-0.2, -0.15) is 0 Å². The zero-order valence-corrected chi connectivity index (χ0v) is 9.59. The zero-order valence-electron chi connectivity index (χ0n) is 9.59. The van der Waals surface area contributed by atoms with Crippen LogP contribution in [0.2, 0.25) is 0 Å². The average molecular weight is 230 g/mol. The van der Waals surface area contributed by atoms with Gasteiger partial charge in [-0.15, -0.1) is 0 Å². The van der Waals surface area contributed by atoms with E-state index in [1.807, 2.05) is 19.2 Å².